The molecule has 1 atom stereocenters. The van der Waals surface area contributed by atoms with Crippen LogP contribution in [-0.2, 0) is 14.3 Å². The van der Waals surface area contributed by atoms with Gasteiger partial charge < -0.3 is 15.2 Å². The molecule has 1 fully saturated rings. The van der Waals surface area contributed by atoms with Gasteiger partial charge in [-0.1, -0.05) is 13.3 Å². The third kappa shape index (κ3) is 4.56. The number of amides is 2. The van der Waals surface area contributed by atoms with Crippen molar-refractivity contribution in [2.24, 2.45) is 0 Å². The van der Waals surface area contributed by atoms with E-state index in [2.05, 4.69) is 5.32 Å². The van der Waals surface area contributed by atoms with Crippen LogP contribution in [0, 0.1) is 6.92 Å². The Balaban J connectivity index is 1.67. The van der Waals surface area contributed by atoms with Crippen molar-refractivity contribution in [3.05, 3.63) is 53.6 Å². The molecular weight excluding hydrogens is 372 g/mol. The molecule has 7 heteroatoms. The van der Waals surface area contributed by atoms with Gasteiger partial charge in [-0.2, -0.15) is 0 Å². The van der Waals surface area contributed by atoms with Gasteiger partial charge in [0.05, 0.1) is 24.3 Å². The molecule has 1 aliphatic rings. The number of carbonyl (C=O) groups excluding carboxylic acids is 3. The number of hydrogen-bond acceptors (Lipinski definition) is 6. The monoisotopic (exact) mass is 396 g/mol. The van der Waals surface area contributed by atoms with Gasteiger partial charge in [-0.25, -0.2) is 9.69 Å². The molecule has 2 aromatic rings. The number of aryl methyl sites for hydroxylation is 1. The first kappa shape index (κ1) is 20.4. The van der Waals surface area contributed by atoms with E-state index in [1.165, 1.54) is 12.1 Å². The van der Waals surface area contributed by atoms with E-state index in [4.69, 9.17) is 4.74 Å². The van der Waals surface area contributed by atoms with Crippen LogP contribution in [0.2, 0.25) is 0 Å². The molecule has 0 aromatic heterocycles. The highest BCUT2D eigenvalue weighted by Gasteiger charge is 2.40. The standard InChI is InChI=1S/C22H24N2O5/c1-3-4-11-29-22(28)15-5-7-16(8-6-15)23-18-13-20(26)24(21(18)27)19-10-9-17(25)12-14(19)2/h5-10,12,18,23,25H,3-4,11,13H2,1-2H3. The maximum Gasteiger partial charge on any atom is 0.338 e. The number of carbonyl (C=O) groups is 3. The second-order valence-corrected chi connectivity index (χ2v) is 7.01. The summed E-state index contributed by atoms with van der Waals surface area (Å²) in [5.74, 6) is -0.969. The summed E-state index contributed by atoms with van der Waals surface area (Å²) in [5, 5.41) is 12.6. The maximum atomic E-state index is 12.8. The molecule has 0 spiro atoms. The minimum Gasteiger partial charge on any atom is -0.508 e. The number of rotatable bonds is 7. The van der Waals surface area contributed by atoms with Crippen LogP contribution in [0.15, 0.2) is 42.5 Å². The van der Waals surface area contributed by atoms with Crippen molar-refractivity contribution in [1.82, 2.24) is 0 Å². The van der Waals surface area contributed by atoms with Crippen LogP contribution < -0.4 is 10.2 Å². The molecule has 152 valence electrons. The molecule has 1 heterocycles. The Bertz CT molecular complexity index is 923. The van der Waals surface area contributed by atoms with Crippen LogP contribution >= 0.6 is 0 Å². The quantitative estimate of drug-likeness (QED) is 0.423. The number of anilines is 2. The maximum absolute atomic E-state index is 12.8. The van der Waals surface area contributed by atoms with E-state index in [9.17, 15) is 19.5 Å². The van der Waals surface area contributed by atoms with Crippen molar-refractivity contribution in [2.45, 2.75) is 39.2 Å². The first-order valence-electron chi connectivity index (χ1n) is 9.61. The lowest BCUT2D eigenvalue weighted by molar-refractivity contribution is -0.121. The van der Waals surface area contributed by atoms with Gasteiger partial charge in [0.25, 0.3) is 5.91 Å². The molecule has 2 aromatic carbocycles. The highest BCUT2D eigenvalue weighted by atomic mass is 16.5. The van der Waals surface area contributed by atoms with E-state index in [0.29, 0.717) is 29.1 Å². The SMILES string of the molecule is CCCCOC(=O)c1ccc(NC2CC(=O)N(c3ccc(O)cc3C)C2=O)cc1. The first-order valence-corrected chi connectivity index (χ1v) is 9.61. The molecular formula is C22H24N2O5. The molecule has 2 amide bonds. The summed E-state index contributed by atoms with van der Waals surface area (Å²) >= 11 is 0. The molecule has 0 radical (unpaired) electrons. The van der Waals surface area contributed by atoms with Crippen LogP contribution in [0.25, 0.3) is 0 Å². The summed E-state index contributed by atoms with van der Waals surface area (Å²) < 4.78 is 5.17. The van der Waals surface area contributed by atoms with Gasteiger partial charge >= 0.3 is 5.97 Å². The molecule has 0 bridgehead atoms. The number of unbranched alkanes of at least 4 members (excludes halogenated alkanes) is 1. The lowest BCUT2D eigenvalue weighted by Crippen LogP contribution is -2.35. The number of nitrogens with one attached hydrogen (secondary N) is 1. The Morgan fingerprint density at radius 1 is 1.21 bits per heavy atom. The minimum absolute atomic E-state index is 0.0277. The van der Waals surface area contributed by atoms with Crippen LogP contribution in [-0.4, -0.2) is 35.5 Å². The lowest BCUT2D eigenvalue weighted by Gasteiger charge is -2.18. The number of ether oxygens (including phenoxy) is 1. The van der Waals surface area contributed by atoms with Crippen LogP contribution in [0.5, 0.6) is 5.75 Å². The second kappa shape index (κ2) is 8.77. The number of phenols is 1. The fraction of sp³-hybridized carbons (Fsp3) is 0.318. The Morgan fingerprint density at radius 3 is 2.59 bits per heavy atom. The van der Waals surface area contributed by atoms with Crippen molar-refractivity contribution >= 4 is 29.2 Å². The van der Waals surface area contributed by atoms with E-state index in [-0.39, 0.29) is 30.0 Å². The Labute approximate surface area is 169 Å². The summed E-state index contributed by atoms with van der Waals surface area (Å²) in [6.07, 6.45) is 1.80. The Hall–Kier alpha value is -3.35. The van der Waals surface area contributed by atoms with Gasteiger partial charge in [-0.15, -0.1) is 0 Å². The van der Waals surface area contributed by atoms with Crippen LogP contribution in [0.3, 0.4) is 0 Å². The first-order chi connectivity index (χ1) is 13.9. The van der Waals surface area contributed by atoms with Crippen molar-refractivity contribution < 1.29 is 24.2 Å². The van der Waals surface area contributed by atoms with Crippen LogP contribution in [0.4, 0.5) is 11.4 Å². The zero-order valence-electron chi connectivity index (χ0n) is 16.5. The summed E-state index contributed by atoms with van der Waals surface area (Å²) in [6, 6.07) is 10.4. The summed E-state index contributed by atoms with van der Waals surface area (Å²) in [7, 11) is 0. The molecule has 1 aliphatic heterocycles. The van der Waals surface area contributed by atoms with Gasteiger partial charge in [0.1, 0.15) is 11.8 Å². The predicted molar refractivity (Wildman–Crippen MR) is 109 cm³/mol. The molecule has 0 saturated carbocycles. The number of hydrogen-bond donors (Lipinski definition) is 2. The van der Waals surface area contributed by atoms with E-state index in [0.717, 1.165) is 17.7 Å². The molecule has 3 rings (SSSR count). The zero-order chi connectivity index (χ0) is 21.0. The number of nitrogens with zero attached hydrogens (tertiary/aromatic N) is 1. The third-order valence-corrected chi connectivity index (χ3v) is 4.76. The molecule has 2 N–H and O–H groups in total. The Kier molecular flexibility index (Phi) is 6.16. The zero-order valence-corrected chi connectivity index (χ0v) is 16.5. The van der Waals surface area contributed by atoms with E-state index in [1.807, 2.05) is 6.92 Å². The van der Waals surface area contributed by atoms with Crippen LogP contribution in [0.1, 0.15) is 42.1 Å². The third-order valence-electron chi connectivity index (χ3n) is 4.76. The summed E-state index contributed by atoms with van der Waals surface area (Å²) in [4.78, 5) is 38.3. The average Bonchev–Trinajstić information content (AvgIpc) is 2.96. The van der Waals surface area contributed by atoms with Gasteiger partial charge in [0, 0.05) is 5.69 Å². The van der Waals surface area contributed by atoms with Gasteiger partial charge in [0.15, 0.2) is 0 Å². The second-order valence-electron chi connectivity index (χ2n) is 7.01. The highest BCUT2D eigenvalue weighted by molar-refractivity contribution is 6.23. The Morgan fingerprint density at radius 2 is 1.93 bits per heavy atom. The van der Waals surface area contributed by atoms with Crippen molar-refractivity contribution in [3.63, 3.8) is 0 Å². The molecule has 1 saturated heterocycles. The van der Waals surface area contributed by atoms with E-state index >= 15 is 0 Å². The van der Waals surface area contributed by atoms with E-state index in [1.54, 1.807) is 37.3 Å². The predicted octanol–water partition coefficient (Wildman–Crippen LogP) is 3.40. The van der Waals surface area contributed by atoms with E-state index < -0.39 is 6.04 Å². The number of aromatic hydroxyl groups is 1. The minimum atomic E-state index is -0.696. The van der Waals surface area contributed by atoms with Gasteiger partial charge in [-0.05, 0) is 61.4 Å². The van der Waals surface area contributed by atoms with Crippen molar-refractivity contribution in [1.29, 1.82) is 0 Å². The lowest BCUT2D eigenvalue weighted by atomic mass is 10.1. The molecule has 29 heavy (non-hydrogen) atoms. The smallest absolute Gasteiger partial charge is 0.338 e. The largest absolute Gasteiger partial charge is 0.508 e. The average molecular weight is 396 g/mol. The van der Waals surface area contributed by atoms with Gasteiger partial charge in [-0.3, -0.25) is 9.59 Å². The topological polar surface area (TPSA) is 95.9 Å². The molecule has 0 aliphatic carbocycles. The van der Waals surface area contributed by atoms with Crippen molar-refractivity contribution in [3.8, 4) is 5.75 Å². The number of imide groups is 1. The number of phenolic OH excluding ortho intramolecular Hbond substituents is 1. The fourth-order valence-electron chi connectivity index (χ4n) is 3.18. The van der Waals surface area contributed by atoms with Gasteiger partial charge in [0.2, 0.25) is 5.91 Å². The fourth-order valence-corrected chi connectivity index (χ4v) is 3.18. The summed E-state index contributed by atoms with van der Waals surface area (Å²) in [5.41, 5.74) is 2.16. The number of esters is 1. The normalized spacial score (nSPS) is 16.2. The number of benzene rings is 2. The highest BCUT2D eigenvalue weighted by Crippen LogP contribution is 2.29. The molecule has 1 unspecified atom stereocenters. The molecule has 7 nitrogen and oxygen atoms in total. The summed E-state index contributed by atoms with van der Waals surface area (Å²) in [6.45, 7) is 4.14. The van der Waals surface area contributed by atoms with Crippen molar-refractivity contribution in [2.75, 3.05) is 16.8 Å².